The van der Waals surface area contributed by atoms with Crippen molar-refractivity contribution in [1.29, 1.82) is 5.26 Å². The first-order valence-electron chi connectivity index (χ1n) is 4.52. The lowest BCUT2D eigenvalue weighted by molar-refractivity contribution is -0.137. The lowest BCUT2D eigenvalue weighted by Gasteiger charge is -2.15. The Morgan fingerprint density at radius 3 is 2.41 bits per heavy atom. The van der Waals surface area contributed by atoms with Crippen molar-refractivity contribution < 1.29 is 23.4 Å². The van der Waals surface area contributed by atoms with E-state index in [1.165, 1.54) is 6.07 Å². The topological polar surface area (TPSA) is 90.3 Å². The number of nitriles is 1. The summed E-state index contributed by atoms with van der Waals surface area (Å²) < 4.78 is 37.5. The monoisotopic (exact) mass is 246 g/mol. The Labute approximate surface area is 94.7 Å². The summed E-state index contributed by atoms with van der Waals surface area (Å²) in [4.78, 5) is 0. The van der Waals surface area contributed by atoms with Gasteiger partial charge in [0.2, 0.25) is 0 Å². The minimum atomic E-state index is -4.73. The highest BCUT2D eigenvalue weighted by Crippen LogP contribution is 2.36. The molecule has 1 aromatic carbocycles. The van der Waals surface area contributed by atoms with Gasteiger partial charge in [0.1, 0.15) is 5.75 Å². The molecule has 17 heavy (non-hydrogen) atoms. The van der Waals surface area contributed by atoms with Gasteiger partial charge in [-0.2, -0.15) is 18.4 Å². The summed E-state index contributed by atoms with van der Waals surface area (Å²) in [5.41, 5.74) is 3.40. The van der Waals surface area contributed by atoms with E-state index in [9.17, 15) is 18.3 Å². The molecule has 0 fully saturated rings. The van der Waals surface area contributed by atoms with Crippen LogP contribution in [0.2, 0.25) is 0 Å². The van der Waals surface area contributed by atoms with Gasteiger partial charge in [0.25, 0.3) is 0 Å². The van der Waals surface area contributed by atoms with Crippen molar-refractivity contribution in [2.45, 2.75) is 12.2 Å². The Morgan fingerprint density at radius 1 is 1.41 bits per heavy atom. The summed E-state index contributed by atoms with van der Waals surface area (Å²) in [5.74, 6) is -0.696. The van der Waals surface area contributed by atoms with Crippen LogP contribution in [0.4, 0.5) is 13.2 Å². The van der Waals surface area contributed by atoms with Gasteiger partial charge in [-0.1, -0.05) is 0 Å². The molecule has 7 heteroatoms. The number of aliphatic hydroxyl groups is 1. The SMILES string of the molecule is N#Cc1cc([C@@H](N)CO)c(O)cc1C(F)(F)F. The molecule has 0 saturated carbocycles. The molecule has 0 saturated heterocycles. The van der Waals surface area contributed by atoms with Gasteiger partial charge in [0.05, 0.1) is 29.8 Å². The van der Waals surface area contributed by atoms with Crippen molar-refractivity contribution in [2.75, 3.05) is 6.61 Å². The van der Waals surface area contributed by atoms with Crippen LogP contribution in [0.3, 0.4) is 0 Å². The minimum absolute atomic E-state index is 0.1000. The average molecular weight is 246 g/mol. The highest BCUT2D eigenvalue weighted by molar-refractivity contribution is 5.49. The Hall–Kier alpha value is -1.78. The number of phenolic OH excluding ortho intramolecular Hbond substituents is 1. The largest absolute Gasteiger partial charge is 0.508 e. The lowest BCUT2D eigenvalue weighted by Crippen LogP contribution is -2.16. The third-order valence-electron chi connectivity index (χ3n) is 2.19. The summed E-state index contributed by atoms with van der Waals surface area (Å²) in [5, 5.41) is 26.8. The van der Waals surface area contributed by atoms with E-state index in [1.54, 1.807) is 0 Å². The molecule has 4 N–H and O–H groups in total. The highest BCUT2D eigenvalue weighted by Gasteiger charge is 2.35. The van der Waals surface area contributed by atoms with Crippen LogP contribution < -0.4 is 5.73 Å². The lowest BCUT2D eigenvalue weighted by atomic mass is 9.99. The zero-order valence-corrected chi connectivity index (χ0v) is 8.49. The van der Waals surface area contributed by atoms with Crippen molar-refractivity contribution >= 4 is 0 Å². The number of aromatic hydroxyl groups is 1. The summed E-state index contributed by atoms with van der Waals surface area (Å²) >= 11 is 0. The Balaban J connectivity index is 3.42. The van der Waals surface area contributed by atoms with Crippen molar-refractivity contribution in [3.8, 4) is 11.8 Å². The maximum atomic E-state index is 12.5. The van der Waals surface area contributed by atoms with Gasteiger partial charge in [0, 0.05) is 5.56 Å². The quantitative estimate of drug-likeness (QED) is 0.733. The molecule has 0 heterocycles. The molecule has 0 bridgehead atoms. The third-order valence-corrected chi connectivity index (χ3v) is 2.19. The van der Waals surface area contributed by atoms with Crippen LogP contribution in [0, 0.1) is 11.3 Å². The number of aliphatic hydroxyl groups excluding tert-OH is 1. The maximum Gasteiger partial charge on any atom is 0.417 e. The molecule has 0 aliphatic rings. The fraction of sp³-hybridized carbons (Fsp3) is 0.300. The summed E-state index contributed by atoms with van der Waals surface area (Å²) in [7, 11) is 0. The average Bonchev–Trinajstić information content (AvgIpc) is 2.26. The molecule has 0 spiro atoms. The van der Waals surface area contributed by atoms with Gasteiger partial charge >= 0.3 is 6.18 Å². The fourth-order valence-electron chi connectivity index (χ4n) is 1.33. The van der Waals surface area contributed by atoms with Crippen LogP contribution in [-0.2, 0) is 6.18 Å². The van der Waals surface area contributed by atoms with E-state index >= 15 is 0 Å². The van der Waals surface area contributed by atoms with Crippen LogP contribution >= 0.6 is 0 Å². The molecule has 92 valence electrons. The van der Waals surface area contributed by atoms with Crippen molar-refractivity contribution in [3.63, 3.8) is 0 Å². The van der Waals surface area contributed by atoms with Gasteiger partial charge in [0.15, 0.2) is 0 Å². The molecule has 0 aliphatic carbocycles. The predicted octanol–water partition coefficient (Wildman–Crippen LogP) is 1.27. The maximum absolute atomic E-state index is 12.5. The van der Waals surface area contributed by atoms with Crippen LogP contribution in [0.1, 0.15) is 22.7 Å². The molecule has 1 aromatic rings. The van der Waals surface area contributed by atoms with Crippen LogP contribution in [-0.4, -0.2) is 16.8 Å². The van der Waals surface area contributed by atoms with Crippen LogP contribution in [0.25, 0.3) is 0 Å². The van der Waals surface area contributed by atoms with E-state index in [1.807, 2.05) is 0 Å². The van der Waals surface area contributed by atoms with Crippen LogP contribution in [0.5, 0.6) is 5.75 Å². The van der Waals surface area contributed by atoms with E-state index in [0.29, 0.717) is 6.07 Å². The number of benzene rings is 1. The van der Waals surface area contributed by atoms with Crippen molar-refractivity contribution in [1.82, 2.24) is 0 Å². The molecule has 4 nitrogen and oxygen atoms in total. The standard InChI is InChI=1S/C10H9F3N2O2/c11-10(12,13)7-2-9(17)6(8(15)4-16)1-5(7)3-14/h1-2,8,16-17H,4,15H2/t8-/m0/s1. The fourth-order valence-corrected chi connectivity index (χ4v) is 1.33. The number of rotatable bonds is 2. The predicted molar refractivity (Wildman–Crippen MR) is 51.8 cm³/mol. The first-order valence-corrected chi connectivity index (χ1v) is 4.52. The molecule has 0 aromatic heterocycles. The molecular formula is C10H9F3N2O2. The zero-order valence-electron chi connectivity index (χ0n) is 8.49. The van der Waals surface area contributed by atoms with Gasteiger partial charge < -0.3 is 15.9 Å². The number of nitrogens with zero attached hydrogens (tertiary/aromatic N) is 1. The number of hydrogen-bond acceptors (Lipinski definition) is 4. The summed E-state index contributed by atoms with van der Waals surface area (Å²) in [6.45, 7) is -0.552. The number of alkyl halides is 3. The Bertz CT molecular complexity index is 466. The highest BCUT2D eigenvalue weighted by atomic mass is 19.4. The van der Waals surface area contributed by atoms with E-state index in [0.717, 1.165) is 6.07 Å². The molecule has 1 atom stereocenters. The Kier molecular flexibility index (Phi) is 3.60. The van der Waals surface area contributed by atoms with Crippen molar-refractivity contribution in [2.24, 2.45) is 5.73 Å². The number of halogens is 3. The number of nitrogens with two attached hydrogens (primary N) is 1. The summed E-state index contributed by atoms with van der Waals surface area (Å²) in [6.07, 6.45) is -4.73. The molecule has 0 radical (unpaired) electrons. The van der Waals surface area contributed by atoms with Gasteiger partial charge in [-0.25, -0.2) is 0 Å². The second-order valence-electron chi connectivity index (χ2n) is 3.36. The molecule has 0 unspecified atom stereocenters. The van der Waals surface area contributed by atoms with Crippen molar-refractivity contribution in [3.05, 3.63) is 28.8 Å². The Morgan fingerprint density at radius 2 is 2.00 bits per heavy atom. The van der Waals surface area contributed by atoms with Gasteiger partial charge in [-0.15, -0.1) is 0 Å². The first kappa shape index (κ1) is 13.3. The number of hydrogen-bond donors (Lipinski definition) is 3. The van der Waals surface area contributed by atoms with E-state index in [2.05, 4.69) is 0 Å². The molecule has 1 rings (SSSR count). The molecular weight excluding hydrogens is 237 g/mol. The first-order chi connectivity index (χ1) is 7.81. The van der Waals surface area contributed by atoms with Crippen LogP contribution in [0.15, 0.2) is 12.1 Å². The van der Waals surface area contributed by atoms with E-state index in [4.69, 9.17) is 16.1 Å². The zero-order chi connectivity index (χ0) is 13.2. The van der Waals surface area contributed by atoms with Gasteiger partial charge in [-0.05, 0) is 12.1 Å². The van der Waals surface area contributed by atoms with E-state index in [-0.39, 0.29) is 5.56 Å². The van der Waals surface area contributed by atoms with Gasteiger partial charge in [-0.3, -0.25) is 0 Å². The summed E-state index contributed by atoms with van der Waals surface area (Å²) in [6, 6.07) is 1.61. The second-order valence-corrected chi connectivity index (χ2v) is 3.36. The second kappa shape index (κ2) is 4.61. The minimum Gasteiger partial charge on any atom is -0.508 e. The molecule has 0 aliphatic heterocycles. The smallest absolute Gasteiger partial charge is 0.417 e. The number of phenols is 1. The van der Waals surface area contributed by atoms with E-state index < -0.39 is 35.7 Å². The third kappa shape index (κ3) is 2.67. The molecule has 0 amide bonds. The normalized spacial score (nSPS) is 13.2.